The van der Waals surface area contributed by atoms with Crippen LogP contribution < -0.4 is 11.1 Å². The van der Waals surface area contributed by atoms with Crippen LogP contribution in [-0.4, -0.2) is 24.0 Å². The minimum absolute atomic E-state index is 0.237. The molecule has 1 aromatic carbocycles. The zero-order valence-corrected chi connectivity index (χ0v) is 23.1. The largest absolute Gasteiger partial charge is 0.397 e. The Kier molecular flexibility index (Phi) is 12.1. The molecule has 1 aromatic rings. The lowest BCUT2D eigenvalue weighted by Crippen LogP contribution is -2.39. The van der Waals surface area contributed by atoms with E-state index in [-0.39, 0.29) is 11.8 Å². The van der Waals surface area contributed by atoms with Crippen LogP contribution in [0.2, 0.25) is 0 Å². The molecule has 2 amide bonds. The quantitative estimate of drug-likeness (QED) is 0.267. The molecule has 0 aliphatic carbocycles. The van der Waals surface area contributed by atoms with E-state index in [0.717, 1.165) is 35.1 Å². The number of hydrogen-bond acceptors (Lipinski definition) is 2. The molecule has 0 bridgehead atoms. The number of urea groups is 1. The number of halogens is 1. The van der Waals surface area contributed by atoms with Gasteiger partial charge in [0.05, 0.1) is 11.4 Å². The van der Waals surface area contributed by atoms with E-state index in [0.29, 0.717) is 30.4 Å². The molecule has 0 unspecified atom stereocenters. The van der Waals surface area contributed by atoms with Crippen LogP contribution in [0.25, 0.3) is 5.57 Å². The predicted octanol–water partition coefficient (Wildman–Crippen LogP) is 8.04. The summed E-state index contributed by atoms with van der Waals surface area (Å²) in [5, 5.41) is 2.84. The first-order valence-corrected chi connectivity index (χ1v) is 13.4. The number of amides is 2. The number of carbonyl (C=O) groups excluding carboxylic acids is 1. The van der Waals surface area contributed by atoms with Gasteiger partial charge < -0.3 is 16.0 Å². The van der Waals surface area contributed by atoms with Crippen LogP contribution >= 0.6 is 0 Å². The number of nitrogens with zero attached hydrogens (tertiary/aromatic N) is 1. The molecule has 37 heavy (non-hydrogen) atoms. The van der Waals surface area contributed by atoms with E-state index in [1.54, 1.807) is 23.1 Å². The van der Waals surface area contributed by atoms with Gasteiger partial charge in [0.2, 0.25) is 0 Å². The van der Waals surface area contributed by atoms with Crippen LogP contribution in [-0.2, 0) is 0 Å². The molecule has 0 fully saturated rings. The first kappa shape index (κ1) is 29.9. The lowest BCUT2D eigenvalue weighted by atomic mass is 9.86. The number of hydrogen-bond donors (Lipinski definition) is 2. The minimum atomic E-state index is -0.277. The SMILES string of the molecule is C=CC1=C(/C=C(\CCC)C(CCC)CCC)CN(C(=O)NC(=C)/C(N)=C\C=C(/C)c2ccc(F)cc2)C1. The fourth-order valence-corrected chi connectivity index (χ4v) is 4.67. The molecule has 0 radical (unpaired) electrons. The Morgan fingerprint density at radius 1 is 1.08 bits per heavy atom. The molecule has 2 rings (SSSR count). The Hall–Kier alpha value is -3.34. The molecular formula is C32H44FN3O. The van der Waals surface area contributed by atoms with Crippen molar-refractivity contribution in [3.05, 3.63) is 101 Å². The van der Waals surface area contributed by atoms with E-state index < -0.39 is 0 Å². The van der Waals surface area contributed by atoms with Crippen molar-refractivity contribution >= 4 is 11.6 Å². The third-order valence-corrected chi connectivity index (χ3v) is 6.78. The summed E-state index contributed by atoms with van der Waals surface area (Å²) in [4.78, 5) is 14.8. The van der Waals surface area contributed by atoms with Crippen molar-refractivity contribution in [2.75, 3.05) is 13.1 Å². The maximum atomic E-state index is 13.2. The van der Waals surface area contributed by atoms with Crippen molar-refractivity contribution in [2.45, 2.75) is 66.2 Å². The molecule has 1 aliphatic heterocycles. The Labute approximate surface area is 223 Å². The van der Waals surface area contributed by atoms with Gasteiger partial charge in [-0.05, 0) is 72.6 Å². The second-order valence-corrected chi connectivity index (χ2v) is 9.74. The zero-order valence-electron chi connectivity index (χ0n) is 23.1. The standard InChI is InChI=1S/C32H44FN3O/c1-7-11-27(12-8-2)28(13-9-3)20-29-22-36(21-25(29)10-4)32(37)35-24(6)31(34)19-14-23(5)26-15-17-30(33)18-16-26/h10,14-20,27H,4,6-9,11-13,21-22,34H2,1-3,5H3,(H,35,37)/b23-14+,28-20+,31-19+. The van der Waals surface area contributed by atoms with E-state index >= 15 is 0 Å². The van der Waals surface area contributed by atoms with Crippen LogP contribution in [0.3, 0.4) is 0 Å². The van der Waals surface area contributed by atoms with Crippen LogP contribution in [0.5, 0.6) is 0 Å². The van der Waals surface area contributed by atoms with Crippen LogP contribution in [0, 0.1) is 11.7 Å². The molecule has 0 saturated heterocycles. The van der Waals surface area contributed by atoms with Crippen molar-refractivity contribution in [2.24, 2.45) is 11.7 Å². The lowest BCUT2D eigenvalue weighted by Gasteiger charge is -2.21. The minimum Gasteiger partial charge on any atom is -0.397 e. The number of nitrogens with one attached hydrogen (secondary N) is 1. The fraction of sp³-hybridized carbons (Fsp3) is 0.406. The molecule has 0 atom stereocenters. The fourth-order valence-electron chi connectivity index (χ4n) is 4.67. The topological polar surface area (TPSA) is 58.4 Å². The molecule has 1 aliphatic rings. The zero-order chi connectivity index (χ0) is 27.4. The molecule has 1 heterocycles. The van der Waals surface area contributed by atoms with Crippen LogP contribution in [0.1, 0.15) is 71.8 Å². The van der Waals surface area contributed by atoms with Crippen molar-refractivity contribution in [1.82, 2.24) is 10.2 Å². The first-order valence-electron chi connectivity index (χ1n) is 13.4. The first-order chi connectivity index (χ1) is 17.7. The van der Waals surface area contributed by atoms with Crippen molar-refractivity contribution in [3.8, 4) is 0 Å². The van der Waals surface area contributed by atoms with Gasteiger partial charge in [0.25, 0.3) is 0 Å². The second-order valence-electron chi connectivity index (χ2n) is 9.74. The normalized spacial score (nSPS) is 15.0. The average molecular weight is 506 g/mol. The summed E-state index contributed by atoms with van der Waals surface area (Å²) in [6.07, 6.45) is 14.6. The number of rotatable bonds is 13. The molecule has 3 N–H and O–H groups in total. The second kappa shape index (κ2) is 15.0. The highest BCUT2D eigenvalue weighted by Gasteiger charge is 2.25. The van der Waals surface area contributed by atoms with Gasteiger partial charge in [0, 0.05) is 13.1 Å². The van der Waals surface area contributed by atoms with Gasteiger partial charge in [-0.1, -0.05) is 89.1 Å². The summed E-state index contributed by atoms with van der Waals surface area (Å²) < 4.78 is 13.2. The van der Waals surface area contributed by atoms with Gasteiger partial charge in [-0.15, -0.1) is 0 Å². The Bertz CT molecular complexity index is 1070. The molecule has 4 nitrogen and oxygen atoms in total. The molecule has 5 heteroatoms. The summed E-state index contributed by atoms with van der Waals surface area (Å²) in [7, 11) is 0. The van der Waals surface area contributed by atoms with Gasteiger partial charge in [0.15, 0.2) is 0 Å². The summed E-state index contributed by atoms with van der Waals surface area (Å²) >= 11 is 0. The Balaban J connectivity index is 2.09. The Morgan fingerprint density at radius 2 is 1.70 bits per heavy atom. The molecular weight excluding hydrogens is 461 g/mol. The van der Waals surface area contributed by atoms with E-state index in [2.05, 4.69) is 45.3 Å². The van der Waals surface area contributed by atoms with Gasteiger partial charge in [-0.2, -0.15) is 0 Å². The maximum Gasteiger partial charge on any atom is 0.322 e. The summed E-state index contributed by atoms with van der Waals surface area (Å²) in [6, 6.07) is 6.03. The highest BCUT2D eigenvalue weighted by Crippen LogP contribution is 2.30. The average Bonchev–Trinajstić information content (AvgIpc) is 3.30. The van der Waals surface area contributed by atoms with Gasteiger partial charge >= 0.3 is 6.03 Å². The van der Waals surface area contributed by atoms with Gasteiger partial charge in [-0.25, -0.2) is 9.18 Å². The van der Waals surface area contributed by atoms with E-state index in [1.807, 2.05) is 19.1 Å². The summed E-state index contributed by atoms with van der Waals surface area (Å²) in [5.41, 5.74) is 12.4. The van der Waals surface area contributed by atoms with Crippen LogP contribution in [0.15, 0.2) is 89.8 Å². The number of carbonyl (C=O) groups is 1. The molecule has 0 aromatic heterocycles. The Morgan fingerprint density at radius 3 is 2.27 bits per heavy atom. The summed E-state index contributed by atoms with van der Waals surface area (Å²) in [5.74, 6) is 0.313. The lowest BCUT2D eigenvalue weighted by molar-refractivity contribution is 0.213. The highest BCUT2D eigenvalue weighted by atomic mass is 19.1. The molecule has 0 saturated carbocycles. The van der Waals surface area contributed by atoms with Crippen molar-refractivity contribution in [3.63, 3.8) is 0 Å². The van der Waals surface area contributed by atoms with Gasteiger partial charge in [-0.3, -0.25) is 0 Å². The van der Waals surface area contributed by atoms with E-state index in [1.165, 1.54) is 43.4 Å². The monoisotopic (exact) mass is 505 g/mol. The molecule has 200 valence electrons. The summed E-state index contributed by atoms with van der Waals surface area (Å²) in [6.45, 7) is 17.6. The third kappa shape index (κ3) is 8.92. The number of nitrogens with two attached hydrogens (primary N) is 1. The highest BCUT2D eigenvalue weighted by molar-refractivity contribution is 5.79. The third-order valence-electron chi connectivity index (χ3n) is 6.78. The van der Waals surface area contributed by atoms with E-state index in [9.17, 15) is 9.18 Å². The number of allylic oxidation sites excluding steroid dienone is 4. The van der Waals surface area contributed by atoms with Gasteiger partial charge in [0.1, 0.15) is 5.82 Å². The maximum absolute atomic E-state index is 13.2. The molecule has 0 spiro atoms. The van der Waals surface area contributed by atoms with Crippen molar-refractivity contribution in [1.29, 1.82) is 0 Å². The van der Waals surface area contributed by atoms with Crippen molar-refractivity contribution < 1.29 is 9.18 Å². The smallest absolute Gasteiger partial charge is 0.322 e. The number of benzene rings is 1. The predicted molar refractivity (Wildman–Crippen MR) is 155 cm³/mol. The van der Waals surface area contributed by atoms with Crippen LogP contribution in [0.4, 0.5) is 9.18 Å². The van der Waals surface area contributed by atoms with E-state index in [4.69, 9.17) is 5.73 Å².